The first-order chi connectivity index (χ1) is 11.1. The molecule has 1 aromatic heterocycles. The van der Waals surface area contributed by atoms with Crippen LogP contribution in [0.4, 0.5) is 4.79 Å². The van der Waals surface area contributed by atoms with Gasteiger partial charge in [0.2, 0.25) is 0 Å². The molecule has 0 radical (unpaired) electrons. The fourth-order valence-electron chi connectivity index (χ4n) is 2.93. The molecule has 23 heavy (non-hydrogen) atoms. The molecule has 2 aliphatic rings. The second-order valence-electron chi connectivity index (χ2n) is 6.71. The van der Waals surface area contributed by atoms with E-state index >= 15 is 0 Å². The quantitative estimate of drug-likeness (QED) is 0.837. The smallest absolute Gasteiger partial charge is 0.317 e. The number of amides is 2. The van der Waals surface area contributed by atoms with Gasteiger partial charge in [0.15, 0.2) is 0 Å². The van der Waals surface area contributed by atoms with Crippen molar-refractivity contribution in [1.29, 1.82) is 0 Å². The first-order valence-electron chi connectivity index (χ1n) is 8.41. The third kappa shape index (κ3) is 4.68. The summed E-state index contributed by atoms with van der Waals surface area (Å²) in [6, 6.07) is 1.92. The predicted molar refractivity (Wildman–Crippen MR) is 87.0 cm³/mol. The Kier molecular flexibility index (Phi) is 5.17. The molecule has 2 amide bonds. The van der Waals surface area contributed by atoms with E-state index in [2.05, 4.69) is 22.4 Å². The summed E-state index contributed by atoms with van der Waals surface area (Å²) < 4.78 is 7.61. The van der Waals surface area contributed by atoms with Crippen LogP contribution in [-0.4, -0.2) is 71.5 Å². The van der Waals surface area contributed by atoms with Gasteiger partial charge in [0.05, 0.1) is 24.9 Å². The molecule has 1 saturated carbocycles. The van der Waals surface area contributed by atoms with Crippen molar-refractivity contribution in [2.24, 2.45) is 13.0 Å². The van der Waals surface area contributed by atoms with Gasteiger partial charge in [-0.2, -0.15) is 5.10 Å². The van der Waals surface area contributed by atoms with Crippen molar-refractivity contribution in [3.8, 4) is 0 Å². The van der Waals surface area contributed by atoms with Gasteiger partial charge in [-0.1, -0.05) is 0 Å². The Labute approximate surface area is 137 Å². The molecule has 1 unspecified atom stereocenters. The highest BCUT2D eigenvalue weighted by atomic mass is 16.5. The molecular formula is C16H27N5O2. The van der Waals surface area contributed by atoms with Crippen molar-refractivity contribution in [2.45, 2.75) is 25.5 Å². The average molecular weight is 321 g/mol. The van der Waals surface area contributed by atoms with Gasteiger partial charge in [0.25, 0.3) is 0 Å². The number of hydrogen-bond acceptors (Lipinski definition) is 4. The lowest BCUT2D eigenvalue weighted by atomic mass is 10.2. The van der Waals surface area contributed by atoms with Gasteiger partial charge < -0.3 is 19.9 Å². The summed E-state index contributed by atoms with van der Waals surface area (Å²) >= 11 is 0. The predicted octanol–water partition coefficient (Wildman–Crippen LogP) is 0.672. The number of morpholine rings is 1. The van der Waals surface area contributed by atoms with E-state index in [1.54, 1.807) is 10.9 Å². The molecule has 0 spiro atoms. The van der Waals surface area contributed by atoms with Gasteiger partial charge in [-0.05, 0) is 31.9 Å². The van der Waals surface area contributed by atoms with Gasteiger partial charge in [0.1, 0.15) is 0 Å². The van der Waals surface area contributed by atoms with E-state index in [9.17, 15) is 4.79 Å². The molecule has 1 aliphatic heterocycles. The Morgan fingerprint density at radius 2 is 2.26 bits per heavy atom. The Balaban J connectivity index is 1.54. The van der Waals surface area contributed by atoms with Crippen LogP contribution in [0.25, 0.3) is 0 Å². The van der Waals surface area contributed by atoms with Crippen LogP contribution in [0.1, 0.15) is 18.5 Å². The third-order valence-corrected chi connectivity index (χ3v) is 4.57. The zero-order valence-corrected chi connectivity index (χ0v) is 14.1. The van der Waals surface area contributed by atoms with Crippen LogP contribution in [0, 0.1) is 5.92 Å². The molecule has 7 heteroatoms. The Hall–Kier alpha value is -1.60. The first kappa shape index (κ1) is 16.3. The highest BCUT2D eigenvalue weighted by molar-refractivity contribution is 5.74. The third-order valence-electron chi connectivity index (χ3n) is 4.57. The minimum absolute atomic E-state index is 0.00470. The van der Waals surface area contributed by atoms with E-state index in [1.807, 2.05) is 18.0 Å². The maximum absolute atomic E-state index is 12.6. The van der Waals surface area contributed by atoms with Crippen molar-refractivity contribution in [3.05, 3.63) is 18.0 Å². The van der Waals surface area contributed by atoms with E-state index in [0.29, 0.717) is 19.0 Å². The summed E-state index contributed by atoms with van der Waals surface area (Å²) in [6.45, 7) is 4.60. The molecule has 0 bridgehead atoms. The molecule has 2 fully saturated rings. The molecule has 2 heterocycles. The Bertz CT molecular complexity index is 528. The largest absolute Gasteiger partial charge is 0.374 e. The first-order valence-corrected chi connectivity index (χ1v) is 8.41. The van der Waals surface area contributed by atoms with Crippen molar-refractivity contribution in [1.82, 2.24) is 24.9 Å². The Morgan fingerprint density at radius 3 is 2.91 bits per heavy atom. The van der Waals surface area contributed by atoms with Crippen LogP contribution in [0.15, 0.2) is 12.3 Å². The molecule has 1 aliphatic carbocycles. The number of aryl methyl sites for hydroxylation is 1. The lowest BCUT2D eigenvalue weighted by Crippen LogP contribution is -2.50. The molecular weight excluding hydrogens is 294 g/mol. The fraction of sp³-hybridized carbons (Fsp3) is 0.750. The van der Waals surface area contributed by atoms with Crippen molar-refractivity contribution in [3.63, 3.8) is 0 Å². The number of rotatable bonds is 6. The van der Waals surface area contributed by atoms with Crippen LogP contribution in [0.3, 0.4) is 0 Å². The number of nitrogens with one attached hydrogen (secondary N) is 1. The number of carbonyl (C=O) groups is 1. The lowest BCUT2D eigenvalue weighted by Gasteiger charge is -2.34. The number of ether oxygens (including phenoxy) is 1. The molecule has 1 aromatic rings. The van der Waals surface area contributed by atoms with E-state index in [4.69, 9.17) is 4.74 Å². The molecule has 1 atom stereocenters. The summed E-state index contributed by atoms with van der Waals surface area (Å²) in [7, 11) is 3.98. The minimum Gasteiger partial charge on any atom is -0.374 e. The van der Waals surface area contributed by atoms with Gasteiger partial charge in [-0.25, -0.2) is 4.79 Å². The normalized spacial score (nSPS) is 22.1. The Morgan fingerprint density at radius 1 is 1.43 bits per heavy atom. The van der Waals surface area contributed by atoms with E-state index in [0.717, 1.165) is 31.9 Å². The molecule has 1 saturated heterocycles. The summed E-state index contributed by atoms with van der Waals surface area (Å²) in [4.78, 5) is 16.8. The van der Waals surface area contributed by atoms with Gasteiger partial charge >= 0.3 is 6.03 Å². The standard InChI is InChI=1S/C16H27N5O2/c1-19-7-8-23-15(11-19)12-21(10-13-3-4-13)16(22)17-9-14-5-6-18-20(14)2/h5-6,13,15H,3-4,7-12H2,1-2H3,(H,17,22). The van der Waals surface area contributed by atoms with Gasteiger partial charge in [-0.3, -0.25) is 4.68 Å². The molecule has 128 valence electrons. The highest BCUT2D eigenvalue weighted by Crippen LogP contribution is 2.30. The molecule has 1 N–H and O–H groups in total. The van der Waals surface area contributed by atoms with Gasteiger partial charge in [0, 0.05) is 39.4 Å². The topological polar surface area (TPSA) is 62.6 Å². The minimum atomic E-state index is -0.00470. The second kappa shape index (κ2) is 7.31. The van der Waals surface area contributed by atoms with Crippen molar-refractivity contribution >= 4 is 6.03 Å². The van der Waals surface area contributed by atoms with Crippen LogP contribution < -0.4 is 5.32 Å². The number of likely N-dealkylation sites (N-methyl/N-ethyl adjacent to an activating group) is 1. The maximum Gasteiger partial charge on any atom is 0.317 e. The van der Waals surface area contributed by atoms with E-state index < -0.39 is 0 Å². The highest BCUT2D eigenvalue weighted by Gasteiger charge is 2.29. The number of nitrogens with zero attached hydrogens (tertiary/aromatic N) is 4. The summed E-state index contributed by atoms with van der Waals surface area (Å²) in [6.07, 6.45) is 4.32. The van der Waals surface area contributed by atoms with Crippen molar-refractivity contribution in [2.75, 3.05) is 39.8 Å². The van der Waals surface area contributed by atoms with E-state index in [-0.39, 0.29) is 12.1 Å². The second-order valence-corrected chi connectivity index (χ2v) is 6.71. The number of urea groups is 1. The van der Waals surface area contributed by atoms with E-state index in [1.165, 1.54) is 12.8 Å². The monoisotopic (exact) mass is 321 g/mol. The molecule has 7 nitrogen and oxygen atoms in total. The lowest BCUT2D eigenvalue weighted by molar-refractivity contribution is -0.0308. The maximum atomic E-state index is 12.6. The number of carbonyl (C=O) groups excluding carboxylic acids is 1. The summed E-state index contributed by atoms with van der Waals surface area (Å²) in [5.74, 6) is 0.666. The average Bonchev–Trinajstić information content (AvgIpc) is 3.25. The SMILES string of the molecule is CN1CCOC(CN(CC2CC2)C(=O)NCc2ccnn2C)C1. The van der Waals surface area contributed by atoms with Crippen LogP contribution in [-0.2, 0) is 18.3 Å². The fourth-order valence-corrected chi connectivity index (χ4v) is 2.93. The summed E-state index contributed by atoms with van der Waals surface area (Å²) in [5.41, 5.74) is 0.998. The zero-order valence-electron chi connectivity index (χ0n) is 14.1. The van der Waals surface area contributed by atoms with Crippen LogP contribution >= 0.6 is 0 Å². The number of hydrogen-bond donors (Lipinski definition) is 1. The van der Waals surface area contributed by atoms with Gasteiger partial charge in [-0.15, -0.1) is 0 Å². The molecule has 0 aromatic carbocycles. The van der Waals surface area contributed by atoms with Crippen LogP contribution in [0.2, 0.25) is 0 Å². The summed E-state index contributed by atoms with van der Waals surface area (Å²) in [5, 5.41) is 7.14. The number of aromatic nitrogens is 2. The zero-order chi connectivity index (χ0) is 16.2. The van der Waals surface area contributed by atoms with Crippen molar-refractivity contribution < 1.29 is 9.53 Å². The molecule has 3 rings (SSSR count). The van der Waals surface area contributed by atoms with Crippen LogP contribution in [0.5, 0.6) is 0 Å².